The van der Waals surface area contributed by atoms with Crippen LogP contribution in [0.3, 0.4) is 0 Å². The number of morpholine rings is 1. The van der Waals surface area contributed by atoms with Gasteiger partial charge in [0.2, 0.25) is 10.0 Å². The van der Waals surface area contributed by atoms with Crippen LogP contribution in [0, 0.1) is 0 Å². The van der Waals surface area contributed by atoms with Gasteiger partial charge in [-0.05, 0) is 31.4 Å². The van der Waals surface area contributed by atoms with E-state index >= 15 is 0 Å². The van der Waals surface area contributed by atoms with Gasteiger partial charge < -0.3 is 9.64 Å². The Kier molecular flexibility index (Phi) is 5.96. The first-order chi connectivity index (χ1) is 16.6. The molecule has 3 aliphatic heterocycles. The minimum Gasteiger partial charge on any atom is -0.374 e. The second-order valence-corrected chi connectivity index (χ2v) is 12.7. The molecule has 3 aromatic rings. The maximum Gasteiger partial charge on any atom is 0.246 e. The van der Waals surface area contributed by atoms with Crippen molar-refractivity contribution in [2.24, 2.45) is 0 Å². The van der Waals surface area contributed by atoms with Gasteiger partial charge in [0.25, 0.3) is 0 Å². The third kappa shape index (κ3) is 4.30. The highest BCUT2D eigenvalue weighted by molar-refractivity contribution is 8.00. The zero-order chi connectivity index (χ0) is 23.1. The highest BCUT2D eigenvalue weighted by Crippen LogP contribution is 2.41. The van der Waals surface area contributed by atoms with E-state index in [1.54, 1.807) is 21.4 Å². The number of anilines is 1. The number of rotatable bonds is 5. The highest BCUT2D eigenvalue weighted by Gasteiger charge is 2.37. The average Bonchev–Trinajstić information content (AvgIpc) is 3.47. The van der Waals surface area contributed by atoms with Gasteiger partial charge in [-0.2, -0.15) is 16.1 Å². The van der Waals surface area contributed by atoms with Crippen LogP contribution in [0.25, 0.3) is 10.9 Å². The first-order valence-corrected chi connectivity index (χ1v) is 14.2. The van der Waals surface area contributed by atoms with Crippen LogP contribution in [0.15, 0.2) is 47.6 Å². The van der Waals surface area contributed by atoms with Crippen molar-refractivity contribution < 1.29 is 13.2 Å². The van der Waals surface area contributed by atoms with E-state index in [2.05, 4.69) is 27.0 Å². The van der Waals surface area contributed by atoms with E-state index in [1.807, 2.05) is 30.3 Å². The van der Waals surface area contributed by atoms with Crippen LogP contribution >= 0.6 is 11.8 Å². The second-order valence-electron chi connectivity index (χ2n) is 9.18. The first-order valence-electron chi connectivity index (χ1n) is 11.8. The Labute approximate surface area is 203 Å². The van der Waals surface area contributed by atoms with Gasteiger partial charge in [-0.15, -0.1) is 5.10 Å². The number of thioether (sulfide) groups is 1. The Morgan fingerprint density at radius 2 is 1.97 bits per heavy atom. The Bertz CT molecular complexity index is 1270. The average molecular weight is 501 g/mol. The van der Waals surface area contributed by atoms with Gasteiger partial charge in [-0.1, -0.05) is 23.4 Å². The van der Waals surface area contributed by atoms with Crippen LogP contribution in [0.1, 0.15) is 19.3 Å². The lowest BCUT2D eigenvalue weighted by Gasteiger charge is -2.33. The Hall–Kier alpha value is -2.21. The molecular formula is C23H28N6O3S2. The molecule has 5 heterocycles. The Morgan fingerprint density at radius 3 is 2.85 bits per heavy atom. The number of nitrogens with zero attached hydrogens (tertiary/aromatic N) is 6. The van der Waals surface area contributed by atoms with Crippen molar-refractivity contribution in [1.82, 2.24) is 24.3 Å². The van der Waals surface area contributed by atoms with E-state index < -0.39 is 10.0 Å². The fraction of sp³-hybridized carbons (Fsp3) is 0.522. The summed E-state index contributed by atoms with van der Waals surface area (Å²) in [7, 11) is -3.77. The molecular weight excluding hydrogens is 472 g/mol. The monoisotopic (exact) mass is 500 g/mol. The first kappa shape index (κ1) is 22.3. The quantitative estimate of drug-likeness (QED) is 0.527. The summed E-state index contributed by atoms with van der Waals surface area (Å²) >= 11 is 2.06. The zero-order valence-electron chi connectivity index (χ0n) is 18.9. The maximum absolute atomic E-state index is 14.1. The molecule has 0 saturated carbocycles. The topological polar surface area (TPSA) is 93.5 Å². The minimum absolute atomic E-state index is 0.273. The van der Waals surface area contributed by atoms with Crippen LogP contribution in [0.2, 0.25) is 0 Å². The van der Waals surface area contributed by atoms with Crippen molar-refractivity contribution >= 4 is 38.5 Å². The van der Waals surface area contributed by atoms with Crippen molar-refractivity contribution in [2.45, 2.75) is 47.3 Å². The molecule has 6 rings (SSSR count). The van der Waals surface area contributed by atoms with Crippen LogP contribution in [0.5, 0.6) is 0 Å². The van der Waals surface area contributed by atoms with E-state index in [-0.39, 0.29) is 12.6 Å². The van der Waals surface area contributed by atoms with Crippen molar-refractivity contribution in [3.63, 3.8) is 0 Å². The number of ether oxygens (including phenoxy) is 1. The van der Waals surface area contributed by atoms with Gasteiger partial charge in [0, 0.05) is 48.3 Å². The summed E-state index contributed by atoms with van der Waals surface area (Å²) in [4.78, 5) is 7.44. The van der Waals surface area contributed by atoms with Crippen molar-refractivity contribution in [3.05, 3.63) is 42.7 Å². The summed E-state index contributed by atoms with van der Waals surface area (Å²) in [5.41, 5.74) is 0.824. The normalized spacial score (nSPS) is 26.1. The molecule has 3 unspecified atom stereocenters. The lowest BCUT2D eigenvalue weighted by atomic mass is 10.1. The number of pyridine rings is 1. The molecule has 0 aliphatic carbocycles. The number of hydrogen-bond donors (Lipinski definition) is 0. The van der Waals surface area contributed by atoms with E-state index in [9.17, 15) is 8.42 Å². The van der Waals surface area contributed by atoms with Gasteiger partial charge in [0.05, 0.1) is 31.0 Å². The summed E-state index contributed by atoms with van der Waals surface area (Å²) in [5.74, 6) is 0.589. The fourth-order valence-electron chi connectivity index (χ4n) is 5.16. The van der Waals surface area contributed by atoms with Gasteiger partial charge in [-0.3, -0.25) is 0 Å². The van der Waals surface area contributed by atoms with Crippen LogP contribution in [-0.4, -0.2) is 82.1 Å². The predicted octanol–water partition coefficient (Wildman–Crippen LogP) is 2.39. The van der Waals surface area contributed by atoms with Crippen molar-refractivity contribution in [3.8, 4) is 0 Å². The van der Waals surface area contributed by atoms with E-state index in [4.69, 9.17) is 9.72 Å². The molecule has 3 aliphatic rings. The Morgan fingerprint density at radius 1 is 1.09 bits per heavy atom. The molecule has 3 saturated heterocycles. The summed E-state index contributed by atoms with van der Waals surface area (Å²) in [6, 6.07) is 9.56. The largest absolute Gasteiger partial charge is 0.374 e. The summed E-state index contributed by atoms with van der Waals surface area (Å²) < 4.78 is 37.2. The number of hydrogen-bond acceptors (Lipinski definition) is 8. The highest BCUT2D eigenvalue weighted by atomic mass is 32.2. The molecule has 2 aromatic heterocycles. The molecule has 0 spiro atoms. The van der Waals surface area contributed by atoms with Gasteiger partial charge in [-0.25, -0.2) is 18.1 Å². The standard InChI is InChI=1S/C23H28N6O3S2/c30-34(31,29-11-12-32-18(15-29)14-28-10-8-24-26-28)22-13-17-3-1-2-4-21(17)25-23(22)27-9-7-19-5-6-20(16-27)33-19/h1-4,8,10,13,18-20H,5-7,9,11-12,14-16H2. The van der Waals surface area contributed by atoms with Crippen LogP contribution < -0.4 is 4.90 Å². The lowest BCUT2D eigenvalue weighted by Crippen LogP contribution is -2.47. The molecule has 11 heteroatoms. The molecule has 1 aromatic carbocycles. The van der Waals surface area contributed by atoms with Gasteiger partial charge in [0.1, 0.15) is 10.7 Å². The molecule has 2 bridgehead atoms. The molecule has 0 N–H and O–H groups in total. The molecule has 34 heavy (non-hydrogen) atoms. The van der Waals surface area contributed by atoms with Crippen molar-refractivity contribution in [2.75, 3.05) is 37.7 Å². The van der Waals surface area contributed by atoms with Gasteiger partial charge in [0.15, 0.2) is 0 Å². The number of fused-ring (bicyclic) bond motifs is 3. The molecule has 0 radical (unpaired) electrons. The summed E-state index contributed by atoms with van der Waals surface area (Å²) in [6.07, 6.45) is 6.60. The fourth-order valence-corrected chi connectivity index (χ4v) is 8.39. The molecule has 3 atom stereocenters. The van der Waals surface area contributed by atoms with E-state index in [0.29, 0.717) is 40.9 Å². The van der Waals surface area contributed by atoms with E-state index in [1.165, 1.54) is 12.8 Å². The SMILES string of the molecule is O=S(=O)(c1cc2ccccc2nc1N1CCC2CCC(C1)S2)N1CCOC(Cn2ccnn2)C1. The number of para-hydroxylation sites is 1. The van der Waals surface area contributed by atoms with Gasteiger partial charge >= 0.3 is 0 Å². The number of benzene rings is 1. The third-order valence-corrected chi connectivity index (χ3v) is 10.4. The Balaban J connectivity index is 1.35. The maximum atomic E-state index is 14.1. The van der Waals surface area contributed by atoms with Crippen molar-refractivity contribution in [1.29, 1.82) is 0 Å². The van der Waals surface area contributed by atoms with Crippen LogP contribution in [-0.2, 0) is 21.3 Å². The molecule has 9 nitrogen and oxygen atoms in total. The molecule has 3 fully saturated rings. The molecule has 0 amide bonds. The summed E-state index contributed by atoms with van der Waals surface area (Å²) in [6.45, 7) is 3.07. The summed E-state index contributed by atoms with van der Waals surface area (Å²) in [5, 5.41) is 9.87. The van der Waals surface area contributed by atoms with E-state index in [0.717, 1.165) is 30.4 Å². The second kappa shape index (κ2) is 9.10. The zero-order valence-corrected chi connectivity index (χ0v) is 20.5. The van der Waals surface area contributed by atoms with Crippen LogP contribution in [0.4, 0.5) is 5.82 Å². The molecule has 180 valence electrons. The number of aromatic nitrogens is 4. The number of sulfonamides is 1. The minimum atomic E-state index is -3.77. The smallest absolute Gasteiger partial charge is 0.246 e. The lowest BCUT2D eigenvalue weighted by molar-refractivity contribution is -0.0122. The third-order valence-electron chi connectivity index (χ3n) is 6.89. The predicted molar refractivity (Wildman–Crippen MR) is 131 cm³/mol.